The molecule has 112 valence electrons. The maximum atomic E-state index is 11.7. The molecule has 20 heavy (non-hydrogen) atoms. The van der Waals surface area contributed by atoms with E-state index in [-0.39, 0.29) is 16.9 Å². The maximum absolute atomic E-state index is 11.7. The summed E-state index contributed by atoms with van der Waals surface area (Å²) >= 11 is 0.198. The fourth-order valence-corrected chi connectivity index (χ4v) is 3.58. The zero-order chi connectivity index (χ0) is 15.6. The molecule has 12 heteroatoms. The molecule has 0 amide bonds. The first kappa shape index (κ1) is 16.9. The molecule has 0 spiro atoms. The maximum Gasteiger partial charge on any atom is 0.296 e. The second-order valence-corrected chi connectivity index (χ2v) is 7.25. The molecule has 0 saturated heterocycles. The lowest BCUT2D eigenvalue weighted by molar-refractivity contribution is -0.432. The molecule has 0 saturated carbocycles. The first-order valence-electron chi connectivity index (χ1n) is 4.56. The lowest BCUT2D eigenvalue weighted by atomic mass is 10.3. The Bertz CT molecular complexity index is 724. The highest BCUT2D eigenvalue weighted by molar-refractivity contribution is 7.97. The zero-order valence-corrected chi connectivity index (χ0v) is 12.0. The summed E-state index contributed by atoms with van der Waals surface area (Å²) in [6, 6.07) is 1.56. The van der Waals surface area contributed by atoms with E-state index in [1.807, 2.05) is 0 Å². The van der Waals surface area contributed by atoms with Gasteiger partial charge in [-0.2, -0.15) is 8.42 Å². The predicted octanol–water partition coefficient (Wildman–Crippen LogP) is 0.861. The standard InChI is InChI=1S/C8H9NO8S3/c1-2-19(11,12)8-3-5(9)7(20(13,14)15)4-6(8)18-17-16-10/h2-4,10H,1,9H2,(H,13,14,15). The van der Waals surface area contributed by atoms with Crippen LogP contribution in [0.1, 0.15) is 0 Å². The highest BCUT2D eigenvalue weighted by atomic mass is 32.2. The number of nitrogen functional groups attached to an aromatic ring is 1. The number of benzene rings is 1. The topological polar surface area (TPSA) is 153 Å². The van der Waals surface area contributed by atoms with Crippen molar-refractivity contribution in [2.45, 2.75) is 14.7 Å². The third kappa shape index (κ3) is 3.69. The summed E-state index contributed by atoms with van der Waals surface area (Å²) in [6.07, 6.45) is 0. The average molecular weight is 343 g/mol. The molecule has 0 aliphatic heterocycles. The monoisotopic (exact) mass is 343 g/mol. The quantitative estimate of drug-likeness (QED) is 0.223. The molecule has 1 rings (SSSR count). The van der Waals surface area contributed by atoms with E-state index in [4.69, 9.17) is 15.5 Å². The van der Waals surface area contributed by atoms with Crippen LogP contribution in [0.15, 0.2) is 38.8 Å². The summed E-state index contributed by atoms with van der Waals surface area (Å²) in [5, 5.41) is 12.0. The summed E-state index contributed by atoms with van der Waals surface area (Å²) in [5.41, 5.74) is 4.90. The first-order valence-corrected chi connectivity index (χ1v) is 8.29. The van der Waals surface area contributed by atoms with Crippen LogP contribution in [0, 0.1) is 0 Å². The Morgan fingerprint density at radius 2 is 1.85 bits per heavy atom. The van der Waals surface area contributed by atoms with Crippen LogP contribution in [-0.4, -0.2) is 26.6 Å². The minimum Gasteiger partial charge on any atom is -0.398 e. The van der Waals surface area contributed by atoms with Crippen LogP contribution in [0.3, 0.4) is 0 Å². The van der Waals surface area contributed by atoms with Crippen LogP contribution < -0.4 is 5.73 Å². The molecular formula is C8H9NO8S3. The smallest absolute Gasteiger partial charge is 0.296 e. The predicted molar refractivity (Wildman–Crippen MR) is 68.7 cm³/mol. The second-order valence-electron chi connectivity index (χ2n) is 3.25. The average Bonchev–Trinajstić information content (AvgIpc) is 2.35. The third-order valence-electron chi connectivity index (χ3n) is 2.03. The van der Waals surface area contributed by atoms with Gasteiger partial charge in [0.05, 0.1) is 27.5 Å². The van der Waals surface area contributed by atoms with Gasteiger partial charge in [-0.3, -0.25) is 4.55 Å². The summed E-state index contributed by atoms with van der Waals surface area (Å²) in [5.74, 6) is 0. The highest BCUT2D eigenvalue weighted by Gasteiger charge is 2.23. The van der Waals surface area contributed by atoms with Crippen molar-refractivity contribution in [1.82, 2.24) is 0 Å². The minimum atomic E-state index is -4.67. The molecule has 9 nitrogen and oxygen atoms in total. The molecule has 0 aromatic heterocycles. The fourth-order valence-electron chi connectivity index (χ4n) is 1.21. The van der Waals surface area contributed by atoms with Gasteiger partial charge >= 0.3 is 0 Å². The van der Waals surface area contributed by atoms with Crippen molar-refractivity contribution in [3.8, 4) is 0 Å². The van der Waals surface area contributed by atoms with Crippen molar-refractivity contribution in [2.24, 2.45) is 0 Å². The van der Waals surface area contributed by atoms with E-state index in [2.05, 4.69) is 16.0 Å². The van der Waals surface area contributed by atoms with Crippen LogP contribution >= 0.6 is 12.0 Å². The molecule has 0 radical (unpaired) electrons. The Kier molecular flexibility index (Phi) is 5.15. The van der Waals surface area contributed by atoms with Gasteiger partial charge in [0.1, 0.15) is 4.90 Å². The van der Waals surface area contributed by atoms with Gasteiger partial charge in [0.25, 0.3) is 10.1 Å². The summed E-state index contributed by atoms with van der Waals surface area (Å²) in [7, 11) is -8.64. The van der Waals surface area contributed by atoms with Gasteiger partial charge in [0, 0.05) is 5.41 Å². The van der Waals surface area contributed by atoms with Gasteiger partial charge in [-0.15, -0.1) is 4.33 Å². The molecule has 0 aliphatic carbocycles. The van der Waals surface area contributed by atoms with Crippen molar-refractivity contribution < 1.29 is 36.0 Å². The molecule has 0 heterocycles. The van der Waals surface area contributed by atoms with Crippen molar-refractivity contribution in [3.63, 3.8) is 0 Å². The highest BCUT2D eigenvalue weighted by Crippen LogP contribution is 2.34. The second kappa shape index (κ2) is 6.09. The van der Waals surface area contributed by atoms with Gasteiger partial charge in [-0.25, -0.2) is 13.7 Å². The van der Waals surface area contributed by atoms with Crippen molar-refractivity contribution in [3.05, 3.63) is 24.1 Å². The third-order valence-corrected chi connectivity index (χ3v) is 5.11. The van der Waals surface area contributed by atoms with Crippen LogP contribution in [0.2, 0.25) is 0 Å². The molecular weight excluding hydrogens is 334 g/mol. The lowest BCUT2D eigenvalue weighted by Crippen LogP contribution is -2.07. The van der Waals surface area contributed by atoms with Gasteiger partial charge in [-0.05, 0) is 12.1 Å². The van der Waals surface area contributed by atoms with E-state index in [9.17, 15) is 16.8 Å². The van der Waals surface area contributed by atoms with Crippen molar-refractivity contribution in [2.75, 3.05) is 5.73 Å². The number of hydrogen-bond donors (Lipinski definition) is 3. The summed E-state index contributed by atoms with van der Waals surface area (Å²) < 4.78 is 58.7. The molecule has 4 N–H and O–H groups in total. The lowest BCUT2D eigenvalue weighted by Gasteiger charge is -2.10. The Balaban J connectivity index is 3.61. The van der Waals surface area contributed by atoms with Crippen molar-refractivity contribution >= 4 is 37.7 Å². The van der Waals surface area contributed by atoms with E-state index in [0.717, 1.165) is 12.1 Å². The van der Waals surface area contributed by atoms with E-state index in [1.165, 1.54) is 0 Å². The van der Waals surface area contributed by atoms with Crippen LogP contribution in [0.4, 0.5) is 5.69 Å². The zero-order valence-electron chi connectivity index (χ0n) is 9.59. The summed E-state index contributed by atoms with van der Waals surface area (Å²) in [4.78, 5) is -1.44. The Hall–Kier alpha value is -1.15. The van der Waals surface area contributed by atoms with Gasteiger partial charge in [0.2, 0.25) is 9.84 Å². The molecule has 0 bridgehead atoms. The van der Waals surface area contributed by atoms with E-state index >= 15 is 0 Å². The van der Waals surface area contributed by atoms with Crippen LogP contribution in [0.5, 0.6) is 0 Å². The molecule has 0 aliphatic rings. The molecule has 1 aromatic rings. The number of hydrogen-bond acceptors (Lipinski definition) is 9. The number of anilines is 1. The van der Waals surface area contributed by atoms with E-state index in [1.54, 1.807) is 0 Å². The summed E-state index contributed by atoms with van der Waals surface area (Å²) in [6.45, 7) is 3.10. The van der Waals surface area contributed by atoms with Gasteiger partial charge in [0.15, 0.2) is 0 Å². The Morgan fingerprint density at radius 1 is 1.25 bits per heavy atom. The number of nitrogens with two attached hydrogens (primary N) is 1. The largest absolute Gasteiger partial charge is 0.398 e. The van der Waals surface area contributed by atoms with Gasteiger partial charge in [-0.1, -0.05) is 11.6 Å². The number of rotatable bonds is 6. The van der Waals surface area contributed by atoms with Crippen LogP contribution in [-0.2, 0) is 29.3 Å². The SMILES string of the molecule is C=CS(=O)(=O)c1cc(N)c(S(=O)(=O)O)cc1SOOO. The normalized spacial score (nSPS) is 12.3. The van der Waals surface area contributed by atoms with E-state index in [0.29, 0.717) is 5.41 Å². The molecule has 0 unspecified atom stereocenters. The van der Waals surface area contributed by atoms with Crippen molar-refractivity contribution in [1.29, 1.82) is 0 Å². The molecule has 1 aromatic carbocycles. The number of sulfone groups is 1. The molecule has 0 fully saturated rings. The van der Waals surface area contributed by atoms with Gasteiger partial charge < -0.3 is 5.73 Å². The van der Waals surface area contributed by atoms with Crippen LogP contribution in [0.25, 0.3) is 0 Å². The minimum absolute atomic E-state index is 0.198. The Morgan fingerprint density at radius 3 is 2.30 bits per heavy atom. The fraction of sp³-hybridized carbons (Fsp3) is 0. The molecule has 0 atom stereocenters. The first-order chi connectivity index (χ1) is 9.13. The Labute approximate surface area is 118 Å². The van der Waals surface area contributed by atoms with E-state index < -0.39 is 35.4 Å².